The maximum Gasteiger partial charge on any atom is 0.239 e. The molecule has 0 bridgehead atoms. The van der Waals surface area contributed by atoms with E-state index in [1.807, 2.05) is 6.92 Å². The Hall–Kier alpha value is -1.84. The quantitative estimate of drug-likeness (QED) is 0.738. The molecule has 4 nitrogen and oxygen atoms in total. The van der Waals surface area contributed by atoms with Gasteiger partial charge in [0.25, 0.3) is 0 Å². The predicted molar refractivity (Wildman–Crippen MR) is 63.6 cm³/mol. The van der Waals surface area contributed by atoms with Crippen molar-refractivity contribution >= 4 is 17.4 Å². The van der Waals surface area contributed by atoms with Gasteiger partial charge in [0, 0.05) is 17.8 Å². The number of rotatable bonds is 5. The molecular weight excluding hydrogens is 204 g/mol. The summed E-state index contributed by atoms with van der Waals surface area (Å²) < 4.78 is 0. The van der Waals surface area contributed by atoms with Crippen molar-refractivity contribution in [3.05, 3.63) is 29.8 Å². The van der Waals surface area contributed by atoms with Crippen LogP contribution in [0.2, 0.25) is 0 Å². The van der Waals surface area contributed by atoms with Crippen LogP contribution in [0.1, 0.15) is 24.2 Å². The minimum Gasteiger partial charge on any atom is -0.376 e. The van der Waals surface area contributed by atoms with E-state index >= 15 is 0 Å². The Labute approximate surface area is 95.0 Å². The fraction of sp³-hybridized carbons (Fsp3) is 0.333. The third kappa shape index (κ3) is 3.73. The molecule has 0 aliphatic heterocycles. The average molecular weight is 220 g/mol. The van der Waals surface area contributed by atoms with Gasteiger partial charge in [-0.25, -0.2) is 0 Å². The smallest absolute Gasteiger partial charge is 0.239 e. The summed E-state index contributed by atoms with van der Waals surface area (Å²) in [5, 5.41) is 5.66. The van der Waals surface area contributed by atoms with Crippen LogP contribution in [0.4, 0.5) is 5.69 Å². The monoisotopic (exact) mass is 220 g/mol. The molecule has 1 aromatic carbocycles. The van der Waals surface area contributed by atoms with Crippen molar-refractivity contribution in [3.8, 4) is 0 Å². The average Bonchev–Trinajstić information content (AvgIpc) is 2.27. The molecule has 0 aromatic heterocycles. The van der Waals surface area contributed by atoms with Gasteiger partial charge < -0.3 is 10.6 Å². The van der Waals surface area contributed by atoms with Crippen LogP contribution in [0.15, 0.2) is 24.3 Å². The summed E-state index contributed by atoms with van der Waals surface area (Å²) in [4.78, 5) is 22.2. The fourth-order valence-corrected chi connectivity index (χ4v) is 1.26. The summed E-state index contributed by atoms with van der Waals surface area (Å²) in [5.41, 5.74) is 1.50. The molecule has 0 spiro atoms. The summed E-state index contributed by atoms with van der Waals surface area (Å²) in [6.45, 7) is 4.27. The van der Waals surface area contributed by atoms with Crippen LogP contribution in [-0.4, -0.2) is 24.8 Å². The molecule has 0 heterocycles. The Morgan fingerprint density at radius 1 is 1.19 bits per heavy atom. The van der Waals surface area contributed by atoms with E-state index in [9.17, 15) is 9.59 Å². The van der Waals surface area contributed by atoms with Gasteiger partial charge in [-0.05, 0) is 38.1 Å². The van der Waals surface area contributed by atoms with Crippen LogP contribution >= 0.6 is 0 Å². The van der Waals surface area contributed by atoms with Crippen molar-refractivity contribution in [3.63, 3.8) is 0 Å². The van der Waals surface area contributed by atoms with Gasteiger partial charge in [0.2, 0.25) is 5.91 Å². The maximum atomic E-state index is 11.2. The highest BCUT2D eigenvalue weighted by atomic mass is 16.1. The van der Waals surface area contributed by atoms with Crippen LogP contribution in [0.25, 0.3) is 0 Å². The number of Topliss-reactive ketones (excluding diaryl/α,β-unsaturated/α-hetero) is 1. The van der Waals surface area contributed by atoms with Crippen molar-refractivity contribution in [1.29, 1.82) is 0 Å². The Balaban J connectivity index is 2.49. The molecule has 0 unspecified atom stereocenters. The van der Waals surface area contributed by atoms with Crippen LogP contribution in [0.5, 0.6) is 0 Å². The first-order chi connectivity index (χ1) is 7.63. The number of anilines is 1. The minimum absolute atomic E-state index is 0.0373. The Morgan fingerprint density at radius 2 is 1.81 bits per heavy atom. The van der Waals surface area contributed by atoms with Crippen molar-refractivity contribution in [2.75, 3.05) is 18.4 Å². The second kappa shape index (κ2) is 5.90. The van der Waals surface area contributed by atoms with Gasteiger partial charge in [0.15, 0.2) is 5.78 Å². The van der Waals surface area contributed by atoms with E-state index in [0.29, 0.717) is 12.1 Å². The van der Waals surface area contributed by atoms with E-state index < -0.39 is 0 Å². The lowest BCUT2D eigenvalue weighted by Gasteiger charge is -2.06. The zero-order valence-electron chi connectivity index (χ0n) is 9.54. The van der Waals surface area contributed by atoms with Crippen molar-refractivity contribution in [2.24, 2.45) is 0 Å². The van der Waals surface area contributed by atoms with Crippen LogP contribution in [-0.2, 0) is 4.79 Å². The highest BCUT2D eigenvalue weighted by molar-refractivity contribution is 5.94. The van der Waals surface area contributed by atoms with Gasteiger partial charge in [-0.2, -0.15) is 0 Å². The summed E-state index contributed by atoms with van der Waals surface area (Å²) in [7, 11) is 0. The molecule has 4 heteroatoms. The first kappa shape index (κ1) is 12.2. The first-order valence-electron chi connectivity index (χ1n) is 5.25. The fourth-order valence-electron chi connectivity index (χ4n) is 1.26. The highest BCUT2D eigenvalue weighted by Gasteiger charge is 2.00. The summed E-state index contributed by atoms with van der Waals surface area (Å²) in [5.74, 6) is -0.00609. The topological polar surface area (TPSA) is 58.2 Å². The molecule has 0 saturated heterocycles. The number of carbonyl (C=O) groups is 2. The van der Waals surface area contributed by atoms with Gasteiger partial charge in [-0.3, -0.25) is 9.59 Å². The second-order valence-electron chi connectivity index (χ2n) is 3.44. The Kier molecular flexibility index (Phi) is 4.51. The molecule has 1 amide bonds. The number of hydrogen-bond donors (Lipinski definition) is 2. The standard InChI is InChI=1S/C12H16N2O2/c1-3-13-12(16)8-14-11-6-4-10(5-7-11)9(2)15/h4-7,14H,3,8H2,1-2H3,(H,13,16). The maximum absolute atomic E-state index is 11.2. The number of amides is 1. The van der Waals surface area contributed by atoms with Crippen molar-refractivity contribution in [2.45, 2.75) is 13.8 Å². The summed E-state index contributed by atoms with van der Waals surface area (Å²) in [6, 6.07) is 7.05. The normalized spacial score (nSPS) is 9.62. The number of nitrogens with one attached hydrogen (secondary N) is 2. The molecule has 1 aromatic rings. The molecule has 2 N–H and O–H groups in total. The lowest BCUT2D eigenvalue weighted by Crippen LogP contribution is -2.29. The van der Waals surface area contributed by atoms with Gasteiger partial charge >= 0.3 is 0 Å². The van der Waals surface area contributed by atoms with Gasteiger partial charge in [-0.1, -0.05) is 0 Å². The molecule has 0 radical (unpaired) electrons. The highest BCUT2D eigenvalue weighted by Crippen LogP contribution is 2.09. The van der Waals surface area contributed by atoms with Gasteiger partial charge in [0.05, 0.1) is 6.54 Å². The Bertz CT molecular complexity index is 371. The van der Waals surface area contributed by atoms with E-state index in [-0.39, 0.29) is 18.2 Å². The molecule has 0 fully saturated rings. The molecule has 86 valence electrons. The van der Waals surface area contributed by atoms with E-state index in [0.717, 1.165) is 5.69 Å². The SMILES string of the molecule is CCNC(=O)CNc1ccc(C(C)=O)cc1. The number of carbonyl (C=O) groups excluding carboxylic acids is 2. The summed E-state index contributed by atoms with van der Waals surface area (Å²) in [6.07, 6.45) is 0. The Morgan fingerprint density at radius 3 is 2.31 bits per heavy atom. The number of benzene rings is 1. The van der Waals surface area contributed by atoms with Gasteiger partial charge in [0.1, 0.15) is 0 Å². The van der Waals surface area contributed by atoms with E-state index in [2.05, 4.69) is 10.6 Å². The van der Waals surface area contributed by atoms with Gasteiger partial charge in [-0.15, -0.1) is 0 Å². The van der Waals surface area contributed by atoms with Crippen molar-refractivity contribution < 1.29 is 9.59 Å². The van der Waals surface area contributed by atoms with Crippen molar-refractivity contribution in [1.82, 2.24) is 5.32 Å². The molecule has 0 atom stereocenters. The van der Waals surface area contributed by atoms with E-state index in [1.165, 1.54) is 6.92 Å². The molecule has 0 saturated carbocycles. The number of likely N-dealkylation sites (N-methyl/N-ethyl adjacent to an activating group) is 1. The zero-order valence-corrected chi connectivity index (χ0v) is 9.54. The predicted octanol–water partition coefficient (Wildman–Crippen LogP) is 1.44. The van der Waals surface area contributed by atoms with Crippen LogP contribution in [0.3, 0.4) is 0 Å². The lowest BCUT2D eigenvalue weighted by atomic mass is 10.1. The molecular formula is C12H16N2O2. The molecule has 16 heavy (non-hydrogen) atoms. The minimum atomic E-state index is -0.0434. The van der Waals surface area contributed by atoms with Crippen LogP contribution in [0, 0.1) is 0 Å². The third-order valence-corrected chi connectivity index (χ3v) is 2.12. The molecule has 0 aliphatic carbocycles. The largest absolute Gasteiger partial charge is 0.376 e. The molecule has 1 rings (SSSR count). The van der Waals surface area contributed by atoms with Crippen LogP contribution < -0.4 is 10.6 Å². The number of ketones is 1. The zero-order chi connectivity index (χ0) is 12.0. The third-order valence-electron chi connectivity index (χ3n) is 2.12. The second-order valence-corrected chi connectivity index (χ2v) is 3.44. The van der Waals surface area contributed by atoms with E-state index in [4.69, 9.17) is 0 Å². The summed E-state index contributed by atoms with van der Waals surface area (Å²) >= 11 is 0. The number of hydrogen-bond acceptors (Lipinski definition) is 3. The lowest BCUT2D eigenvalue weighted by molar-refractivity contribution is -0.119. The first-order valence-corrected chi connectivity index (χ1v) is 5.25. The molecule has 0 aliphatic rings. The van der Waals surface area contributed by atoms with E-state index in [1.54, 1.807) is 24.3 Å².